The summed E-state index contributed by atoms with van der Waals surface area (Å²) in [6.45, 7) is 2.94. The van der Waals surface area contributed by atoms with Crippen LogP contribution in [0.4, 0.5) is 0 Å². The van der Waals surface area contributed by atoms with Crippen molar-refractivity contribution in [3.8, 4) is 22.6 Å². The Morgan fingerprint density at radius 1 is 1.08 bits per heavy atom. The number of carbonyl (C=O) groups excluding carboxylic acids is 2. The van der Waals surface area contributed by atoms with Crippen molar-refractivity contribution in [1.82, 2.24) is 10.2 Å². The first-order chi connectivity index (χ1) is 12.6. The summed E-state index contributed by atoms with van der Waals surface area (Å²) in [5.74, 6) is 1.38. The lowest BCUT2D eigenvalue weighted by atomic mass is 10.0. The van der Waals surface area contributed by atoms with E-state index < -0.39 is 0 Å². The molecule has 2 heterocycles. The zero-order valence-electron chi connectivity index (χ0n) is 14.5. The smallest absolute Gasteiger partial charge is 0.253 e. The molecule has 1 fully saturated rings. The fourth-order valence-corrected chi connectivity index (χ4v) is 3.44. The van der Waals surface area contributed by atoms with Crippen molar-refractivity contribution >= 4 is 11.8 Å². The number of ether oxygens (including phenoxy) is 2. The fourth-order valence-electron chi connectivity index (χ4n) is 3.44. The molecule has 1 saturated heterocycles. The highest BCUT2D eigenvalue weighted by Crippen LogP contribution is 2.36. The summed E-state index contributed by atoms with van der Waals surface area (Å²) in [4.78, 5) is 25.8. The zero-order chi connectivity index (χ0) is 18.1. The van der Waals surface area contributed by atoms with Crippen LogP contribution >= 0.6 is 0 Å². The monoisotopic (exact) mass is 352 g/mol. The molecule has 134 valence electrons. The van der Waals surface area contributed by atoms with Gasteiger partial charge in [0.1, 0.15) is 0 Å². The third kappa shape index (κ3) is 3.22. The molecule has 1 N–H and O–H groups in total. The standard InChI is InChI=1S/C20H20N2O4/c1-13(23)21-17-7-8-22(11-17)20(24)16-4-2-3-14(9-16)15-5-6-18-19(10-15)26-12-25-18/h2-6,9-10,17H,7-8,11-12H2,1H3,(H,21,23). The summed E-state index contributed by atoms with van der Waals surface area (Å²) in [5.41, 5.74) is 2.57. The van der Waals surface area contributed by atoms with E-state index in [-0.39, 0.29) is 24.6 Å². The van der Waals surface area contributed by atoms with Gasteiger partial charge in [0, 0.05) is 31.6 Å². The summed E-state index contributed by atoms with van der Waals surface area (Å²) >= 11 is 0. The van der Waals surface area contributed by atoms with Crippen LogP contribution in [0.15, 0.2) is 42.5 Å². The number of nitrogens with one attached hydrogen (secondary N) is 1. The molecule has 1 atom stereocenters. The van der Waals surface area contributed by atoms with E-state index in [1.165, 1.54) is 6.92 Å². The first-order valence-electron chi connectivity index (χ1n) is 8.66. The molecule has 2 aliphatic rings. The lowest BCUT2D eigenvalue weighted by molar-refractivity contribution is -0.119. The van der Waals surface area contributed by atoms with Crippen molar-refractivity contribution < 1.29 is 19.1 Å². The summed E-state index contributed by atoms with van der Waals surface area (Å²) in [5, 5.41) is 2.88. The molecule has 0 spiro atoms. The Morgan fingerprint density at radius 3 is 2.73 bits per heavy atom. The zero-order valence-corrected chi connectivity index (χ0v) is 14.5. The molecule has 2 amide bonds. The predicted octanol–water partition coefficient (Wildman–Crippen LogP) is 2.43. The maximum absolute atomic E-state index is 12.8. The van der Waals surface area contributed by atoms with Gasteiger partial charge in [-0.15, -0.1) is 0 Å². The lowest BCUT2D eigenvalue weighted by Crippen LogP contribution is -2.37. The summed E-state index contributed by atoms with van der Waals surface area (Å²) in [6.07, 6.45) is 0.785. The summed E-state index contributed by atoms with van der Waals surface area (Å²) < 4.78 is 10.8. The molecular formula is C20H20N2O4. The summed E-state index contributed by atoms with van der Waals surface area (Å²) in [6, 6.07) is 13.4. The number of rotatable bonds is 3. The molecule has 4 rings (SSSR count). The van der Waals surface area contributed by atoms with E-state index in [0.717, 1.165) is 29.0 Å². The van der Waals surface area contributed by atoms with Crippen molar-refractivity contribution in [3.63, 3.8) is 0 Å². The van der Waals surface area contributed by atoms with Gasteiger partial charge in [-0.1, -0.05) is 18.2 Å². The van der Waals surface area contributed by atoms with Gasteiger partial charge in [0.05, 0.1) is 0 Å². The van der Waals surface area contributed by atoms with E-state index >= 15 is 0 Å². The lowest BCUT2D eigenvalue weighted by Gasteiger charge is -2.17. The number of nitrogens with zero attached hydrogens (tertiary/aromatic N) is 1. The minimum Gasteiger partial charge on any atom is -0.454 e. The quantitative estimate of drug-likeness (QED) is 0.921. The summed E-state index contributed by atoms with van der Waals surface area (Å²) in [7, 11) is 0. The second-order valence-electron chi connectivity index (χ2n) is 6.59. The molecule has 2 aromatic carbocycles. The third-order valence-electron chi connectivity index (χ3n) is 4.70. The highest BCUT2D eigenvalue weighted by atomic mass is 16.7. The van der Waals surface area contributed by atoms with Crippen LogP contribution in [0.5, 0.6) is 11.5 Å². The molecule has 0 bridgehead atoms. The Morgan fingerprint density at radius 2 is 1.88 bits per heavy atom. The molecule has 0 aromatic heterocycles. The second-order valence-corrected chi connectivity index (χ2v) is 6.59. The van der Waals surface area contributed by atoms with Gasteiger partial charge in [-0.25, -0.2) is 0 Å². The van der Waals surface area contributed by atoms with Gasteiger partial charge in [0.25, 0.3) is 5.91 Å². The van der Waals surface area contributed by atoms with E-state index in [4.69, 9.17) is 9.47 Å². The van der Waals surface area contributed by atoms with Crippen LogP contribution in [0.25, 0.3) is 11.1 Å². The number of fused-ring (bicyclic) bond motifs is 1. The SMILES string of the molecule is CC(=O)NC1CCN(C(=O)c2cccc(-c3ccc4c(c3)OCO4)c2)C1. The van der Waals surface area contributed by atoms with Crippen LogP contribution in [0.2, 0.25) is 0 Å². The van der Waals surface area contributed by atoms with Crippen molar-refractivity contribution in [2.24, 2.45) is 0 Å². The minimum atomic E-state index is -0.0610. The van der Waals surface area contributed by atoms with Gasteiger partial charge in [0.2, 0.25) is 12.7 Å². The van der Waals surface area contributed by atoms with Crippen LogP contribution < -0.4 is 14.8 Å². The minimum absolute atomic E-state index is 0.0135. The fraction of sp³-hybridized carbons (Fsp3) is 0.300. The molecular weight excluding hydrogens is 332 g/mol. The van der Waals surface area contributed by atoms with E-state index in [1.807, 2.05) is 42.5 Å². The third-order valence-corrected chi connectivity index (χ3v) is 4.70. The highest BCUT2D eigenvalue weighted by molar-refractivity contribution is 5.95. The molecule has 0 saturated carbocycles. The van der Waals surface area contributed by atoms with Gasteiger partial charge in [-0.05, 0) is 41.8 Å². The van der Waals surface area contributed by atoms with Crippen LogP contribution in [0.1, 0.15) is 23.7 Å². The molecule has 2 aliphatic heterocycles. The van der Waals surface area contributed by atoms with E-state index in [0.29, 0.717) is 18.7 Å². The Kier molecular flexibility index (Phi) is 4.24. The van der Waals surface area contributed by atoms with Crippen LogP contribution in [0, 0.1) is 0 Å². The Hall–Kier alpha value is -3.02. The largest absolute Gasteiger partial charge is 0.454 e. The maximum atomic E-state index is 12.8. The number of benzene rings is 2. The van der Waals surface area contributed by atoms with Gasteiger partial charge in [0.15, 0.2) is 11.5 Å². The molecule has 0 radical (unpaired) electrons. The van der Waals surface area contributed by atoms with E-state index in [2.05, 4.69) is 5.32 Å². The first kappa shape index (κ1) is 16.4. The number of carbonyl (C=O) groups is 2. The van der Waals surface area contributed by atoms with Gasteiger partial charge < -0.3 is 19.7 Å². The number of likely N-dealkylation sites (tertiary alicyclic amines) is 1. The molecule has 1 unspecified atom stereocenters. The Balaban J connectivity index is 1.52. The molecule has 26 heavy (non-hydrogen) atoms. The highest BCUT2D eigenvalue weighted by Gasteiger charge is 2.27. The Bertz CT molecular complexity index is 865. The van der Waals surface area contributed by atoms with E-state index in [1.54, 1.807) is 4.90 Å². The number of hydrogen-bond donors (Lipinski definition) is 1. The van der Waals surface area contributed by atoms with Crippen molar-refractivity contribution in [3.05, 3.63) is 48.0 Å². The van der Waals surface area contributed by atoms with Crippen LogP contribution in [-0.2, 0) is 4.79 Å². The van der Waals surface area contributed by atoms with E-state index in [9.17, 15) is 9.59 Å². The molecule has 2 aromatic rings. The van der Waals surface area contributed by atoms with Crippen LogP contribution in [-0.4, -0.2) is 42.6 Å². The average Bonchev–Trinajstić information content (AvgIpc) is 3.29. The van der Waals surface area contributed by atoms with Crippen molar-refractivity contribution in [2.45, 2.75) is 19.4 Å². The first-order valence-corrected chi connectivity index (χ1v) is 8.66. The van der Waals surface area contributed by atoms with Gasteiger partial charge >= 0.3 is 0 Å². The second kappa shape index (κ2) is 6.71. The maximum Gasteiger partial charge on any atom is 0.253 e. The number of amides is 2. The van der Waals surface area contributed by atoms with Crippen molar-refractivity contribution in [2.75, 3.05) is 19.9 Å². The molecule has 0 aliphatic carbocycles. The topological polar surface area (TPSA) is 67.9 Å². The predicted molar refractivity (Wildman–Crippen MR) is 96.1 cm³/mol. The normalized spacial score (nSPS) is 18.0. The molecule has 6 nitrogen and oxygen atoms in total. The van der Waals surface area contributed by atoms with Gasteiger partial charge in [-0.2, -0.15) is 0 Å². The van der Waals surface area contributed by atoms with Gasteiger partial charge in [-0.3, -0.25) is 9.59 Å². The van der Waals surface area contributed by atoms with Crippen molar-refractivity contribution in [1.29, 1.82) is 0 Å². The average molecular weight is 352 g/mol. The Labute approximate surface area is 151 Å². The van der Waals surface area contributed by atoms with Crippen LogP contribution in [0.3, 0.4) is 0 Å². The number of hydrogen-bond acceptors (Lipinski definition) is 4. The molecule has 6 heteroatoms.